The molecule has 1 unspecified atom stereocenters. The standard InChI is InChI=1S/C14H11Cl2NO4S/c1-14(22,13(18)19)21-9-4-2-8(3-5-9)20-12-11(16)10(15)6-7-17-12/h2-7,22H,1H3,(H,18,19). The number of aromatic nitrogens is 1. The first-order valence-electron chi connectivity index (χ1n) is 6.02. The predicted octanol–water partition coefficient (Wildman–Crippen LogP) is 4.29. The first-order valence-corrected chi connectivity index (χ1v) is 7.22. The Kier molecular flexibility index (Phi) is 5.05. The largest absolute Gasteiger partial charge is 0.478 e. The quantitative estimate of drug-likeness (QED) is 0.615. The number of rotatable bonds is 5. The molecular formula is C14H11Cl2NO4S. The molecule has 0 saturated heterocycles. The van der Waals surface area contributed by atoms with Crippen LogP contribution in [0.5, 0.6) is 17.4 Å². The zero-order valence-corrected chi connectivity index (χ0v) is 13.7. The van der Waals surface area contributed by atoms with Gasteiger partial charge in [0.2, 0.25) is 10.8 Å². The zero-order chi connectivity index (χ0) is 16.3. The highest BCUT2D eigenvalue weighted by molar-refractivity contribution is 7.82. The van der Waals surface area contributed by atoms with Crippen LogP contribution in [0.15, 0.2) is 36.5 Å². The number of hydrogen-bond donors (Lipinski definition) is 2. The molecule has 2 rings (SSSR count). The lowest BCUT2D eigenvalue weighted by Crippen LogP contribution is -2.35. The Balaban J connectivity index is 2.13. The summed E-state index contributed by atoms with van der Waals surface area (Å²) in [6.45, 7) is 1.33. The van der Waals surface area contributed by atoms with Crippen molar-refractivity contribution in [2.45, 2.75) is 11.9 Å². The number of thiol groups is 1. The van der Waals surface area contributed by atoms with Crippen molar-refractivity contribution in [3.8, 4) is 17.4 Å². The van der Waals surface area contributed by atoms with E-state index < -0.39 is 10.9 Å². The molecule has 0 radical (unpaired) electrons. The number of carboxylic acid groups (broad SMARTS) is 1. The summed E-state index contributed by atoms with van der Waals surface area (Å²) in [4.78, 5) is 13.3. The Hall–Kier alpha value is -1.63. The van der Waals surface area contributed by atoms with E-state index in [-0.39, 0.29) is 10.9 Å². The molecule has 1 atom stereocenters. The van der Waals surface area contributed by atoms with E-state index in [1.807, 2.05) is 0 Å². The van der Waals surface area contributed by atoms with Crippen molar-refractivity contribution in [3.05, 3.63) is 46.6 Å². The average Bonchev–Trinajstić information content (AvgIpc) is 2.45. The van der Waals surface area contributed by atoms with Crippen molar-refractivity contribution in [1.82, 2.24) is 4.98 Å². The van der Waals surface area contributed by atoms with Gasteiger partial charge in [-0.15, -0.1) is 12.6 Å². The molecule has 1 aromatic carbocycles. The van der Waals surface area contributed by atoms with Gasteiger partial charge in [0, 0.05) is 6.20 Å². The lowest BCUT2D eigenvalue weighted by molar-refractivity contribution is -0.146. The first-order chi connectivity index (χ1) is 10.3. The van der Waals surface area contributed by atoms with Crippen molar-refractivity contribution < 1.29 is 19.4 Å². The van der Waals surface area contributed by atoms with E-state index in [4.69, 9.17) is 37.8 Å². The van der Waals surface area contributed by atoms with E-state index in [2.05, 4.69) is 17.6 Å². The number of carboxylic acids is 1. The summed E-state index contributed by atoms with van der Waals surface area (Å²) in [6.07, 6.45) is 1.47. The third-order valence-corrected chi connectivity index (χ3v) is 3.62. The summed E-state index contributed by atoms with van der Waals surface area (Å²) in [5.41, 5.74) is 0. The van der Waals surface area contributed by atoms with E-state index in [1.165, 1.54) is 13.1 Å². The van der Waals surface area contributed by atoms with Gasteiger partial charge < -0.3 is 14.6 Å². The maximum absolute atomic E-state index is 10.9. The van der Waals surface area contributed by atoms with Gasteiger partial charge in [-0.05, 0) is 37.3 Å². The topological polar surface area (TPSA) is 68.7 Å². The van der Waals surface area contributed by atoms with Crippen LogP contribution in [0.1, 0.15) is 6.92 Å². The van der Waals surface area contributed by atoms with Gasteiger partial charge in [0.1, 0.15) is 16.5 Å². The molecule has 0 aliphatic rings. The first kappa shape index (κ1) is 16.7. The molecule has 0 fully saturated rings. The minimum Gasteiger partial charge on any atom is -0.478 e. The number of ether oxygens (including phenoxy) is 2. The van der Waals surface area contributed by atoms with Crippen LogP contribution in [-0.4, -0.2) is 21.0 Å². The Morgan fingerprint density at radius 2 is 1.82 bits per heavy atom. The van der Waals surface area contributed by atoms with E-state index >= 15 is 0 Å². The van der Waals surface area contributed by atoms with Gasteiger partial charge in [-0.1, -0.05) is 23.2 Å². The normalized spacial score (nSPS) is 13.3. The number of aliphatic carboxylic acids is 1. The molecule has 22 heavy (non-hydrogen) atoms. The Morgan fingerprint density at radius 1 is 1.23 bits per heavy atom. The van der Waals surface area contributed by atoms with Crippen LogP contribution < -0.4 is 9.47 Å². The highest BCUT2D eigenvalue weighted by Crippen LogP contribution is 2.33. The Labute approximate surface area is 142 Å². The highest BCUT2D eigenvalue weighted by atomic mass is 35.5. The average molecular weight is 360 g/mol. The fraction of sp³-hybridized carbons (Fsp3) is 0.143. The maximum Gasteiger partial charge on any atom is 0.358 e. The van der Waals surface area contributed by atoms with Crippen molar-refractivity contribution in [3.63, 3.8) is 0 Å². The number of hydrogen-bond acceptors (Lipinski definition) is 5. The van der Waals surface area contributed by atoms with Gasteiger partial charge in [0.15, 0.2) is 0 Å². The second-order valence-corrected chi connectivity index (χ2v) is 6.01. The monoisotopic (exact) mass is 359 g/mol. The summed E-state index contributed by atoms with van der Waals surface area (Å²) in [5, 5.41) is 9.49. The molecule has 1 heterocycles. The molecule has 0 aliphatic heterocycles. The fourth-order valence-electron chi connectivity index (χ4n) is 1.43. The lowest BCUT2D eigenvalue weighted by atomic mass is 10.3. The van der Waals surface area contributed by atoms with E-state index in [0.29, 0.717) is 16.5 Å². The van der Waals surface area contributed by atoms with E-state index in [0.717, 1.165) is 0 Å². The van der Waals surface area contributed by atoms with Crippen molar-refractivity contribution in [1.29, 1.82) is 0 Å². The smallest absolute Gasteiger partial charge is 0.358 e. The molecule has 5 nitrogen and oxygen atoms in total. The van der Waals surface area contributed by atoms with E-state index in [9.17, 15) is 4.79 Å². The number of pyridine rings is 1. The highest BCUT2D eigenvalue weighted by Gasteiger charge is 2.30. The molecule has 116 valence electrons. The molecule has 1 N–H and O–H groups in total. The maximum atomic E-state index is 10.9. The lowest BCUT2D eigenvalue weighted by Gasteiger charge is -2.20. The minimum absolute atomic E-state index is 0.174. The van der Waals surface area contributed by atoms with Crippen molar-refractivity contribution in [2.75, 3.05) is 0 Å². The summed E-state index contributed by atoms with van der Waals surface area (Å²) < 4.78 is 10.8. The molecule has 0 aliphatic carbocycles. The van der Waals surface area contributed by atoms with Gasteiger partial charge in [0.25, 0.3) is 0 Å². The van der Waals surface area contributed by atoms with Crippen LogP contribution in [0.25, 0.3) is 0 Å². The number of halogens is 2. The van der Waals surface area contributed by atoms with Gasteiger partial charge in [-0.3, -0.25) is 0 Å². The SMILES string of the molecule is CC(S)(Oc1ccc(Oc2nccc(Cl)c2Cl)cc1)C(=O)O. The van der Waals surface area contributed by atoms with E-state index in [1.54, 1.807) is 30.3 Å². The molecule has 2 aromatic rings. The van der Waals surface area contributed by atoms with Crippen LogP contribution in [0.4, 0.5) is 0 Å². The van der Waals surface area contributed by atoms with Crippen LogP contribution >= 0.6 is 35.8 Å². The third kappa shape index (κ3) is 3.97. The fourth-order valence-corrected chi connectivity index (χ4v) is 1.83. The second kappa shape index (κ2) is 6.64. The van der Waals surface area contributed by atoms with Gasteiger partial charge in [-0.25, -0.2) is 9.78 Å². The van der Waals surface area contributed by atoms with Crippen LogP contribution in [0.2, 0.25) is 10.0 Å². The van der Waals surface area contributed by atoms with Gasteiger partial charge >= 0.3 is 5.97 Å². The molecule has 0 saturated carbocycles. The van der Waals surface area contributed by atoms with Crippen LogP contribution in [0.3, 0.4) is 0 Å². The summed E-state index contributed by atoms with van der Waals surface area (Å²) in [6, 6.07) is 7.81. The zero-order valence-electron chi connectivity index (χ0n) is 11.3. The van der Waals surface area contributed by atoms with Crippen LogP contribution in [0, 0.1) is 0 Å². The summed E-state index contributed by atoms with van der Waals surface area (Å²) >= 11 is 15.8. The van der Waals surface area contributed by atoms with Crippen molar-refractivity contribution in [2.24, 2.45) is 0 Å². The number of benzene rings is 1. The summed E-state index contributed by atoms with van der Waals surface area (Å²) in [7, 11) is 0. The minimum atomic E-state index is -1.62. The molecule has 0 spiro atoms. The third-order valence-electron chi connectivity index (χ3n) is 2.56. The summed E-state index contributed by atoms with van der Waals surface area (Å²) in [5.74, 6) is -0.240. The molecule has 1 aromatic heterocycles. The van der Waals surface area contributed by atoms with Gasteiger partial charge in [0.05, 0.1) is 5.02 Å². The molecule has 8 heteroatoms. The molecular weight excluding hydrogens is 349 g/mol. The predicted molar refractivity (Wildman–Crippen MR) is 86.4 cm³/mol. The van der Waals surface area contributed by atoms with Crippen LogP contribution in [-0.2, 0) is 4.79 Å². The van der Waals surface area contributed by atoms with Crippen molar-refractivity contribution >= 4 is 41.8 Å². The molecule has 0 amide bonds. The van der Waals surface area contributed by atoms with Gasteiger partial charge in [-0.2, -0.15) is 0 Å². The number of carbonyl (C=O) groups is 1. The molecule has 0 bridgehead atoms. The number of nitrogens with zero attached hydrogens (tertiary/aromatic N) is 1. The Bertz CT molecular complexity index is 692. The second-order valence-electron chi connectivity index (χ2n) is 4.38. The Morgan fingerprint density at radius 3 is 2.41 bits per heavy atom.